The zero-order chi connectivity index (χ0) is 16.9. The van der Waals surface area contributed by atoms with E-state index in [9.17, 15) is 13.2 Å². The molecule has 1 saturated heterocycles. The summed E-state index contributed by atoms with van der Waals surface area (Å²) >= 11 is 0. The van der Waals surface area contributed by atoms with Gasteiger partial charge in [0, 0.05) is 18.0 Å². The molecule has 1 amide bonds. The third-order valence-corrected chi connectivity index (χ3v) is 6.89. The summed E-state index contributed by atoms with van der Waals surface area (Å²) in [4.78, 5) is 14.9. The van der Waals surface area contributed by atoms with Crippen molar-refractivity contribution in [3.63, 3.8) is 0 Å². The fourth-order valence-electron chi connectivity index (χ4n) is 3.81. The number of sulfonamides is 1. The molecule has 4 rings (SSSR count). The van der Waals surface area contributed by atoms with Crippen molar-refractivity contribution >= 4 is 32.4 Å². The van der Waals surface area contributed by atoms with E-state index in [2.05, 4.69) is 0 Å². The van der Waals surface area contributed by atoms with E-state index in [0.717, 1.165) is 30.0 Å². The van der Waals surface area contributed by atoms with Crippen molar-refractivity contribution in [1.29, 1.82) is 0 Å². The summed E-state index contributed by atoms with van der Waals surface area (Å²) in [5, 5.41) is 1.61. The zero-order valence-electron chi connectivity index (χ0n) is 13.6. The number of nitrogens with zero attached hydrogens (tertiary/aromatic N) is 2. The summed E-state index contributed by atoms with van der Waals surface area (Å²) < 4.78 is 27.1. The number of rotatable bonds is 2. The quantitative estimate of drug-likeness (QED) is 0.842. The van der Waals surface area contributed by atoms with E-state index in [4.69, 9.17) is 0 Å². The van der Waals surface area contributed by atoms with Gasteiger partial charge in [0.15, 0.2) is 0 Å². The zero-order valence-corrected chi connectivity index (χ0v) is 14.4. The first kappa shape index (κ1) is 15.4. The molecule has 2 aromatic carbocycles. The van der Waals surface area contributed by atoms with Gasteiger partial charge in [0.05, 0.1) is 10.6 Å². The summed E-state index contributed by atoms with van der Waals surface area (Å²) in [5.41, 5.74) is 0.612. The molecule has 1 unspecified atom stereocenters. The summed E-state index contributed by atoms with van der Waals surface area (Å²) in [6.45, 7) is 2.62. The largest absolute Gasteiger partial charge is 0.338 e. The molecule has 0 N–H and O–H groups in total. The SMILES string of the molecule is CC1CCCCN1C(=O)CN1c2cccc3cccc(c23)S1(=O)=O. The second-order valence-electron chi connectivity index (χ2n) is 6.58. The normalized spacial score (nSPS) is 22.1. The highest BCUT2D eigenvalue weighted by atomic mass is 32.2. The van der Waals surface area contributed by atoms with Crippen LogP contribution in [0.3, 0.4) is 0 Å². The number of amides is 1. The Morgan fingerprint density at radius 3 is 2.67 bits per heavy atom. The topological polar surface area (TPSA) is 57.7 Å². The fraction of sp³-hybridized carbons (Fsp3) is 0.389. The van der Waals surface area contributed by atoms with Gasteiger partial charge in [-0.1, -0.05) is 24.3 Å². The standard InChI is InChI=1S/C18H20N2O3S/c1-13-6-2-3-11-19(13)17(21)12-20-15-9-4-7-14-8-5-10-16(18(14)15)24(20,22)23/h4-5,7-10,13H,2-3,6,11-12H2,1H3. The molecular formula is C18H20N2O3S. The van der Waals surface area contributed by atoms with Gasteiger partial charge < -0.3 is 4.90 Å². The highest BCUT2D eigenvalue weighted by molar-refractivity contribution is 7.93. The Balaban J connectivity index is 1.72. The third kappa shape index (κ3) is 2.20. The average Bonchev–Trinajstić information content (AvgIpc) is 2.79. The fourth-order valence-corrected chi connectivity index (χ4v) is 5.47. The summed E-state index contributed by atoms with van der Waals surface area (Å²) in [6, 6.07) is 11.0. The van der Waals surface area contributed by atoms with Crippen molar-refractivity contribution in [2.75, 3.05) is 17.4 Å². The maximum absolute atomic E-state index is 12.9. The van der Waals surface area contributed by atoms with E-state index in [1.807, 2.05) is 30.0 Å². The van der Waals surface area contributed by atoms with Crippen LogP contribution in [0, 0.1) is 0 Å². The van der Waals surface area contributed by atoms with Crippen molar-refractivity contribution < 1.29 is 13.2 Å². The molecule has 1 fully saturated rings. The minimum absolute atomic E-state index is 0.115. The van der Waals surface area contributed by atoms with Gasteiger partial charge in [-0.3, -0.25) is 9.10 Å². The molecule has 0 saturated carbocycles. The molecule has 2 aliphatic rings. The number of benzene rings is 2. The van der Waals surface area contributed by atoms with Crippen LogP contribution in [0.25, 0.3) is 10.8 Å². The van der Waals surface area contributed by atoms with Gasteiger partial charge in [-0.15, -0.1) is 0 Å². The van der Waals surface area contributed by atoms with Crippen LogP contribution < -0.4 is 4.31 Å². The Morgan fingerprint density at radius 1 is 1.17 bits per heavy atom. The predicted molar refractivity (Wildman–Crippen MR) is 93.5 cm³/mol. The van der Waals surface area contributed by atoms with Crippen molar-refractivity contribution in [2.45, 2.75) is 37.1 Å². The molecule has 0 bridgehead atoms. The lowest BCUT2D eigenvalue weighted by atomic mass is 10.0. The van der Waals surface area contributed by atoms with Crippen LogP contribution in [0.1, 0.15) is 26.2 Å². The number of carbonyl (C=O) groups excluding carboxylic acids is 1. The van der Waals surface area contributed by atoms with E-state index in [0.29, 0.717) is 17.1 Å². The van der Waals surface area contributed by atoms with E-state index >= 15 is 0 Å². The van der Waals surface area contributed by atoms with Crippen LogP contribution in [-0.2, 0) is 14.8 Å². The molecule has 2 aliphatic heterocycles. The van der Waals surface area contributed by atoms with Crippen LogP contribution in [-0.4, -0.2) is 38.4 Å². The molecule has 24 heavy (non-hydrogen) atoms. The lowest BCUT2D eigenvalue weighted by Crippen LogP contribution is -2.47. The van der Waals surface area contributed by atoms with Crippen LogP contribution in [0.2, 0.25) is 0 Å². The average molecular weight is 344 g/mol. The number of anilines is 1. The Bertz CT molecular complexity index is 918. The third-order valence-electron chi connectivity index (χ3n) is 5.08. The van der Waals surface area contributed by atoms with E-state index in [1.165, 1.54) is 4.31 Å². The second-order valence-corrected chi connectivity index (χ2v) is 8.41. The van der Waals surface area contributed by atoms with Crippen molar-refractivity contribution in [3.05, 3.63) is 36.4 Å². The minimum atomic E-state index is -3.66. The van der Waals surface area contributed by atoms with Gasteiger partial charge in [0.25, 0.3) is 10.0 Å². The summed E-state index contributed by atoms with van der Waals surface area (Å²) in [6.07, 6.45) is 3.09. The maximum atomic E-state index is 12.9. The molecule has 126 valence electrons. The van der Waals surface area contributed by atoms with Gasteiger partial charge in [-0.05, 0) is 43.7 Å². The second kappa shape index (κ2) is 5.48. The molecule has 2 heterocycles. The highest BCUT2D eigenvalue weighted by Gasteiger charge is 2.38. The molecule has 1 atom stereocenters. The predicted octanol–water partition coefficient (Wildman–Crippen LogP) is 2.75. The summed E-state index contributed by atoms with van der Waals surface area (Å²) in [5.74, 6) is -0.115. The Morgan fingerprint density at radius 2 is 1.92 bits per heavy atom. The van der Waals surface area contributed by atoms with Gasteiger partial charge in [0.1, 0.15) is 6.54 Å². The molecule has 0 aromatic heterocycles. The number of hydrogen-bond donors (Lipinski definition) is 0. The minimum Gasteiger partial charge on any atom is -0.338 e. The molecular weight excluding hydrogens is 324 g/mol. The number of likely N-dealkylation sites (tertiary alicyclic amines) is 1. The smallest absolute Gasteiger partial charge is 0.265 e. The Labute approximate surface area is 141 Å². The molecule has 2 aromatic rings. The maximum Gasteiger partial charge on any atom is 0.265 e. The van der Waals surface area contributed by atoms with Crippen LogP contribution in [0.5, 0.6) is 0 Å². The first-order valence-electron chi connectivity index (χ1n) is 8.34. The first-order valence-corrected chi connectivity index (χ1v) is 9.78. The van der Waals surface area contributed by atoms with Crippen LogP contribution >= 0.6 is 0 Å². The number of piperidine rings is 1. The van der Waals surface area contributed by atoms with E-state index in [-0.39, 0.29) is 18.5 Å². The molecule has 0 aliphatic carbocycles. The number of hydrogen-bond acceptors (Lipinski definition) is 3. The van der Waals surface area contributed by atoms with Gasteiger partial charge in [0.2, 0.25) is 5.91 Å². The van der Waals surface area contributed by atoms with Crippen molar-refractivity contribution in [3.8, 4) is 0 Å². The molecule has 5 nitrogen and oxygen atoms in total. The monoisotopic (exact) mass is 344 g/mol. The highest BCUT2D eigenvalue weighted by Crippen LogP contribution is 2.41. The van der Waals surface area contributed by atoms with Gasteiger partial charge >= 0.3 is 0 Å². The van der Waals surface area contributed by atoms with E-state index in [1.54, 1.807) is 18.2 Å². The Kier molecular flexibility index (Phi) is 3.53. The lowest BCUT2D eigenvalue weighted by molar-refractivity contribution is -0.132. The van der Waals surface area contributed by atoms with Gasteiger partial charge in [-0.2, -0.15) is 0 Å². The Hall–Kier alpha value is -2.08. The van der Waals surface area contributed by atoms with Crippen molar-refractivity contribution in [1.82, 2.24) is 4.90 Å². The lowest BCUT2D eigenvalue weighted by Gasteiger charge is -2.34. The first-order chi connectivity index (χ1) is 11.5. The van der Waals surface area contributed by atoms with Crippen molar-refractivity contribution in [2.24, 2.45) is 0 Å². The molecule has 6 heteroatoms. The summed E-state index contributed by atoms with van der Waals surface area (Å²) in [7, 11) is -3.66. The number of carbonyl (C=O) groups is 1. The van der Waals surface area contributed by atoms with Gasteiger partial charge in [-0.25, -0.2) is 8.42 Å². The van der Waals surface area contributed by atoms with Crippen LogP contribution in [0.4, 0.5) is 5.69 Å². The molecule has 0 radical (unpaired) electrons. The van der Waals surface area contributed by atoms with Crippen LogP contribution in [0.15, 0.2) is 41.3 Å². The van der Waals surface area contributed by atoms with E-state index < -0.39 is 10.0 Å². The molecule has 0 spiro atoms.